The lowest BCUT2D eigenvalue weighted by Gasteiger charge is -2.49. The van der Waals surface area contributed by atoms with Crippen molar-refractivity contribution in [3.63, 3.8) is 0 Å². The third kappa shape index (κ3) is 9.78. The van der Waals surface area contributed by atoms with Crippen molar-refractivity contribution in [1.29, 1.82) is 0 Å². The number of aromatic nitrogens is 1. The Morgan fingerprint density at radius 3 is 2.29 bits per heavy atom. The van der Waals surface area contributed by atoms with E-state index in [2.05, 4.69) is 23.5 Å². The molecule has 0 spiro atoms. The summed E-state index contributed by atoms with van der Waals surface area (Å²) in [5, 5.41) is 18.6. The number of pyridine rings is 1. The third-order valence-corrected chi connectivity index (χ3v) is 16.7. The van der Waals surface area contributed by atoms with Crippen LogP contribution in [0.4, 0.5) is 0 Å². The molecular weight excluding hydrogens is 865 g/mol. The van der Waals surface area contributed by atoms with Crippen LogP contribution in [0.5, 0.6) is 5.75 Å². The number of phenols is 1. The second-order valence-electron chi connectivity index (χ2n) is 18.2. The zero-order chi connectivity index (χ0) is 45.9. The molecule has 13 nitrogen and oxygen atoms in total. The molecule has 3 N–H and O–H groups in total. The van der Waals surface area contributed by atoms with Crippen LogP contribution in [0.2, 0.25) is 0 Å². The van der Waals surface area contributed by atoms with Crippen LogP contribution in [0, 0.1) is 24.2 Å². The Kier molecular flexibility index (Phi) is 13.7. The number of benzene rings is 4. The first kappa shape index (κ1) is 46.2. The highest BCUT2D eigenvalue weighted by Gasteiger charge is 2.54. The van der Waals surface area contributed by atoms with Crippen molar-refractivity contribution < 1.29 is 45.5 Å². The Morgan fingerprint density at radius 1 is 0.877 bits per heavy atom. The second kappa shape index (κ2) is 19.2. The number of nitrogens with zero attached hydrogens (tertiary/aromatic N) is 3. The molecule has 1 aromatic heterocycles. The number of fused-ring (bicyclic) bond motifs is 7. The fourth-order valence-corrected chi connectivity index (χ4v) is 12.8. The highest BCUT2D eigenvalue weighted by Crippen LogP contribution is 2.60. The fraction of sp³-hybridized carbons (Fsp3) is 0.440. The van der Waals surface area contributed by atoms with Gasteiger partial charge in [-0.1, -0.05) is 60.1 Å². The molecular formula is C50H59N4O9S2+. The Labute approximate surface area is 381 Å². The summed E-state index contributed by atoms with van der Waals surface area (Å²) in [6.07, 6.45) is 7.94. The highest BCUT2D eigenvalue weighted by molar-refractivity contribution is 7.89. The van der Waals surface area contributed by atoms with Crippen molar-refractivity contribution in [3.8, 4) is 5.75 Å². The van der Waals surface area contributed by atoms with Crippen LogP contribution >= 0.6 is 0 Å². The molecule has 65 heavy (non-hydrogen) atoms. The molecule has 2 fully saturated rings. The maximum absolute atomic E-state index is 14.9. The van der Waals surface area contributed by atoms with E-state index < -0.39 is 31.8 Å². The number of oxime groups is 1. The zero-order valence-electron chi connectivity index (χ0n) is 37.1. The number of rotatable bonds is 17. The molecule has 4 aromatic carbocycles. The number of carbonyl (C=O) groups is 2. The van der Waals surface area contributed by atoms with Crippen LogP contribution in [-0.2, 0) is 42.7 Å². The minimum absolute atomic E-state index is 0.00292. The number of para-hydroxylation sites is 2. The van der Waals surface area contributed by atoms with Crippen molar-refractivity contribution in [2.24, 2.45) is 22.4 Å². The molecule has 3 aliphatic rings. The summed E-state index contributed by atoms with van der Waals surface area (Å²) in [6, 6.07) is 26.3. The van der Waals surface area contributed by atoms with Gasteiger partial charge in [-0.15, -0.1) is 0 Å². The molecule has 2 amide bonds. The number of hydrogen-bond acceptors (Lipinski definition) is 9. The van der Waals surface area contributed by atoms with Crippen LogP contribution < -0.4 is 9.88 Å². The average Bonchev–Trinajstić information content (AvgIpc) is 3.62. The topological polar surface area (TPSA) is 184 Å². The summed E-state index contributed by atoms with van der Waals surface area (Å²) in [5.41, 5.74) is 6.10. The SMILES string of the molecule is Cc1ccc(S(=O)(=O)N(CCCC(=O)NCCCCO/N=C2/CC[C@H]3[C@@H]4CCc5cc(O)ccc5[C@H]4CC[C@]23C)C(=O)c2c3ccccc3[n+](CCCS(=O)(=O)O)c3ccccc23)cc1. The monoisotopic (exact) mass is 923 g/mol. The van der Waals surface area contributed by atoms with Crippen LogP contribution in [0.1, 0.15) is 104 Å². The summed E-state index contributed by atoms with van der Waals surface area (Å²) >= 11 is 0. The van der Waals surface area contributed by atoms with E-state index in [4.69, 9.17) is 4.84 Å². The summed E-state index contributed by atoms with van der Waals surface area (Å²) in [4.78, 5) is 33.8. The zero-order valence-corrected chi connectivity index (χ0v) is 38.7. The van der Waals surface area contributed by atoms with Crippen LogP contribution in [0.3, 0.4) is 0 Å². The van der Waals surface area contributed by atoms with Crippen molar-refractivity contribution >= 4 is 59.5 Å². The number of unbranched alkanes of at least 4 members (excludes halogenated alkanes) is 1. The smallest absolute Gasteiger partial charge is 0.269 e. The molecule has 344 valence electrons. The number of sulfonamides is 1. The van der Waals surface area contributed by atoms with Gasteiger partial charge in [-0.05, 0) is 130 Å². The molecule has 0 saturated heterocycles. The van der Waals surface area contributed by atoms with Crippen LogP contribution in [-0.4, -0.2) is 73.8 Å². The summed E-state index contributed by atoms with van der Waals surface area (Å²) < 4.78 is 64.0. The molecule has 15 heteroatoms. The number of phenolic OH excluding ortho intramolecular Hbond substituents is 1. The lowest BCUT2D eigenvalue weighted by atomic mass is 9.55. The van der Waals surface area contributed by atoms with Crippen molar-refractivity contribution in [2.45, 2.75) is 102 Å². The second-order valence-corrected chi connectivity index (χ2v) is 21.7. The van der Waals surface area contributed by atoms with E-state index in [1.807, 2.05) is 23.6 Å². The number of aryl methyl sites for hydroxylation is 3. The quantitative estimate of drug-likeness (QED) is 0.0273. The Balaban J connectivity index is 0.883. The van der Waals surface area contributed by atoms with Gasteiger partial charge in [0.2, 0.25) is 16.9 Å². The van der Waals surface area contributed by atoms with Gasteiger partial charge in [0.1, 0.15) is 12.4 Å². The maximum Gasteiger partial charge on any atom is 0.269 e. The first-order valence-corrected chi connectivity index (χ1v) is 25.9. The molecule has 2 saturated carbocycles. The summed E-state index contributed by atoms with van der Waals surface area (Å²) in [5.74, 6) is 0.615. The highest BCUT2D eigenvalue weighted by atomic mass is 32.2. The lowest BCUT2D eigenvalue weighted by molar-refractivity contribution is -0.645. The summed E-state index contributed by atoms with van der Waals surface area (Å²) in [6.45, 7) is 5.01. The van der Waals surface area contributed by atoms with Crippen molar-refractivity contribution in [1.82, 2.24) is 9.62 Å². The van der Waals surface area contributed by atoms with E-state index in [9.17, 15) is 36.1 Å². The Morgan fingerprint density at radius 2 is 1.58 bits per heavy atom. The van der Waals surface area contributed by atoms with Crippen LogP contribution in [0.15, 0.2) is 101 Å². The number of nitrogens with one attached hydrogen (secondary N) is 1. The minimum atomic E-state index is -4.39. The Hall–Kier alpha value is -5.38. The normalized spacial score (nSPS) is 21.2. The predicted octanol–water partition coefficient (Wildman–Crippen LogP) is 8.01. The molecule has 5 aromatic rings. The van der Waals surface area contributed by atoms with Gasteiger partial charge in [-0.25, -0.2) is 12.7 Å². The fourth-order valence-electron chi connectivity index (χ4n) is 10.9. The van der Waals surface area contributed by atoms with E-state index in [0.717, 1.165) is 54.1 Å². The molecule has 0 aliphatic heterocycles. The average molecular weight is 924 g/mol. The van der Waals surface area contributed by atoms with E-state index in [0.29, 0.717) is 71.3 Å². The minimum Gasteiger partial charge on any atom is -0.508 e. The number of carbonyl (C=O) groups excluding carboxylic acids is 2. The number of amides is 2. The molecule has 4 atom stereocenters. The van der Waals surface area contributed by atoms with Gasteiger partial charge in [0.05, 0.1) is 32.7 Å². The van der Waals surface area contributed by atoms with Gasteiger partial charge in [0, 0.05) is 43.5 Å². The Bertz CT molecular complexity index is 2790. The largest absolute Gasteiger partial charge is 0.508 e. The number of hydrogen-bond donors (Lipinski definition) is 3. The van der Waals surface area contributed by atoms with Gasteiger partial charge in [0.25, 0.3) is 26.0 Å². The molecule has 0 unspecified atom stereocenters. The predicted molar refractivity (Wildman–Crippen MR) is 250 cm³/mol. The molecule has 0 bridgehead atoms. The van der Waals surface area contributed by atoms with Gasteiger partial charge in [-0.2, -0.15) is 13.0 Å². The van der Waals surface area contributed by atoms with E-state index in [-0.39, 0.29) is 54.1 Å². The van der Waals surface area contributed by atoms with Crippen molar-refractivity contribution in [2.75, 3.05) is 25.4 Å². The standard InChI is InChI=1S/C50H58N4O9S2/c1-34-16-20-37(21-17-34)65(61,62)54(49(57)48-41-11-3-5-13-44(41)53(29-10-32-64(58,59)60)45-14-6-4-12-42(45)48)30-9-15-47(56)51-28-7-8-31-63-52-46-25-24-43-40-22-18-35-33-36(55)19-23-38(35)39(40)26-27-50(43,46)2/h3-6,11-14,16-17,19-21,23,33,39-40,43H,7-10,15,18,22,24-32H2,1-2H3,(H2-,51,55,56,58,59,60)/p+1/b52-46-/t39-,40-,43+,50+/m1/s1. The number of aromatic hydroxyl groups is 1. The van der Waals surface area contributed by atoms with Crippen LogP contribution in [0.25, 0.3) is 21.8 Å². The van der Waals surface area contributed by atoms with Gasteiger partial charge in [-0.3, -0.25) is 14.1 Å². The molecule has 3 aliphatic carbocycles. The molecule has 1 heterocycles. The van der Waals surface area contributed by atoms with E-state index in [1.54, 1.807) is 60.7 Å². The van der Waals surface area contributed by atoms with E-state index >= 15 is 0 Å². The van der Waals surface area contributed by atoms with Gasteiger partial charge < -0.3 is 15.3 Å². The lowest BCUT2D eigenvalue weighted by Crippen LogP contribution is -2.42. The van der Waals surface area contributed by atoms with Gasteiger partial charge in [0.15, 0.2) is 6.54 Å². The molecule has 8 rings (SSSR count). The summed E-state index contributed by atoms with van der Waals surface area (Å²) in [7, 11) is -8.59. The third-order valence-electron chi connectivity index (χ3n) is 14.1. The first-order valence-electron chi connectivity index (χ1n) is 22.9. The van der Waals surface area contributed by atoms with Gasteiger partial charge >= 0.3 is 0 Å². The van der Waals surface area contributed by atoms with E-state index in [1.165, 1.54) is 23.3 Å². The molecule has 0 radical (unpaired) electrons. The maximum atomic E-state index is 14.9. The van der Waals surface area contributed by atoms with Crippen molar-refractivity contribution in [3.05, 3.63) is 113 Å². The first-order chi connectivity index (χ1) is 31.2.